The zero-order valence-corrected chi connectivity index (χ0v) is 18.4. The maximum Gasteiger partial charge on any atom is 0.416 e. The number of hydrogen-bond acceptors (Lipinski definition) is 3. The minimum Gasteiger partial charge on any atom is -0.480 e. The SMILES string of the molecule is O=C(NC(Cc1ccc(Cl)cc1C(F)(F)F)C(=O)O)OCC1c2ccccc2-c2ccccc21. The number of alkyl carbamates (subject to hydrolysis) is 1. The topological polar surface area (TPSA) is 75.6 Å². The van der Waals surface area contributed by atoms with Crippen LogP contribution in [0.5, 0.6) is 0 Å². The zero-order chi connectivity index (χ0) is 24.5. The van der Waals surface area contributed by atoms with Gasteiger partial charge in [0.15, 0.2) is 0 Å². The minimum absolute atomic E-state index is 0.0546. The van der Waals surface area contributed by atoms with Gasteiger partial charge in [-0.25, -0.2) is 9.59 Å². The molecule has 0 saturated heterocycles. The van der Waals surface area contributed by atoms with Gasteiger partial charge in [-0.05, 0) is 39.9 Å². The van der Waals surface area contributed by atoms with Gasteiger partial charge in [0.1, 0.15) is 12.6 Å². The third-order valence-electron chi connectivity index (χ3n) is 5.74. The average molecular weight is 490 g/mol. The molecule has 0 aliphatic heterocycles. The van der Waals surface area contributed by atoms with Crippen molar-refractivity contribution in [3.8, 4) is 11.1 Å². The molecule has 0 heterocycles. The number of carbonyl (C=O) groups excluding carboxylic acids is 1. The van der Waals surface area contributed by atoms with Crippen LogP contribution in [0.4, 0.5) is 18.0 Å². The van der Waals surface area contributed by atoms with Crippen LogP contribution in [-0.2, 0) is 22.1 Å². The summed E-state index contributed by atoms with van der Waals surface area (Å²) in [5.41, 5.74) is 2.64. The number of carbonyl (C=O) groups is 2. The highest BCUT2D eigenvalue weighted by Crippen LogP contribution is 2.44. The van der Waals surface area contributed by atoms with Gasteiger partial charge in [0.25, 0.3) is 0 Å². The van der Waals surface area contributed by atoms with Gasteiger partial charge < -0.3 is 15.2 Å². The second kappa shape index (κ2) is 9.38. The predicted octanol–water partition coefficient (Wildman–Crippen LogP) is 5.89. The lowest BCUT2D eigenvalue weighted by Crippen LogP contribution is -2.43. The lowest BCUT2D eigenvalue weighted by atomic mass is 9.98. The number of fused-ring (bicyclic) bond motifs is 3. The number of carboxylic acids is 1. The molecule has 1 aliphatic carbocycles. The molecule has 0 spiro atoms. The number of nitrogens with one attached hydrogen (secondary N) is 1. The molecule has 0 fully saturated rings. The quantitative estimate of drug-likeness (QED) is 0.452. The van der Waals surface area contributed by atoms with Gasteiger partial charge in [-0.1, -0.05) is 66.2 Å². The second-order valence-corrected chi connectivity index (χ2v) is 8.30. The molecule has 0 radical (unpaired) electrons. The van der Waals surface area contributed by atoms with E-state index < -0.39 is 36.3 Å². The van der Waals surface area contributed by atoms with Crippen LogP contribution in [0.3, 0.4) is 0 Å². The second-order valence-electron chi connectivity index (χ2n) is 7.86. The van der Waals surface area contributed by atoms with Gasteiger partial charge >= 0.3 is 18.2 Å². The summed E-state index contributed by atoms with van der Waals surface area (Å²) in [6.07, 6.45) is -6.35. The Hall–Kier alpha value is -3.52. The first-order valence-electron chi connectivity index (χ1n) is 10.3. The highest BCUT2D eigenvalue weighted by atomic mass is 35.5. The summed E-state index contributed by atoms with van der Waals surface area (Å²) in [6, 6.07) is 16.8. The van der Waals surface area contributed by atoms with Crippen LogP contribution >= 0.6 is 11.6 Å². The number of alkyl halides is 3. The number of carboxylic acid groups (broad SMARTS) is 1. The number of amides is 1. The van der Waals surface area contributed by atoms with Crippen LogP contribution < -0.4 is 5.32 Å². The minimum atomic E-state index is -4.73. The van der Waals surface area contributed by atoms with Crippen LogP contribution in [0.25, 0.3) is 11.1 Å². The molecule has 3 aromatic carbocycles. The molecule has 5 nitrogen and oxygen atoms in total. The maximum absolute atomic E-state index is 13.4. The molecule has 34 heavy (non-hydrogen) atoms. The highest BCUT2D eigenvalue weighted by molar-refractivity contribution is 6.30. The molecular weight excluding hydrogens is 471 g/mol. The van der Waals surface area contributed by atoms with E-state index in [1.807, 2.05) is 48.5 Å². The van der Waals surface area contributed by atoms with Crippen LogP contribution in [0.1, 0.15) is 28.2 Å². The fraction of sp³-hybridized carbons (Fsp3) is 0.200. The van der Waals surface area contributed by atoms with E-state index in [2.05, 4.69) is 5.32 Å². The normalized spacial score (nSPS) is 13.6. The molecule has 3 aromatic rings. The van der Waals surface area contributed by atoms with Crippen molar-refractivity contribution in [3.63, 3.8) is 0 Å². The van der Waals surface area contributed by atoms with Crippen LogP contribution in [0.2, 0.25) is 5.02 Å². The van der Waals surface area contributed by atoms with Crippen molar-refractivity contribution in [2.75, 3.05) is 6.61 Å². The van der Waals surface area contributed by atoms with Gasteiger partial charge in [-0.2, -0.15) is 13.2 Å². The molecule has 9 heteroatoms. The van der Waals surface area contributed by atoms with Crippen molar-refractivity contribution in [2.24, 2.45) is 0 Å². The van der Waals surface area contributed by atoms with Crippen molar-refractivity contribution >= 4 is 23.7 Å². The molecule has 1 unspecified atom stereocenters. The molecule has 0 saturated carbocycles. The van der Waals surface area contributed by atoms with E-state index >= 15 is 0 Å². The summed E-state index contributed by atoms with van der Waals surface area (Å²) in [7, 11) is 0. The summed E-state index contributed by atoms with van der Waals surface area (Å²) in [5, 5.41) is 11.5. The van der Waals surface area contributed by atoms with Gasteiger partial charge in [0.2, 0.25) is 0 Å². The standard InChI is InChI=1S/C25H19ClF3NO4/c26-15-10-9-14(21(12-15)25(27,28)29)11-22(23(31)32)30-24(33)34-13-20-18-7-3-1-5-16(18)17-6-2-4-8-19(17)20/h1-10,12,20,22H,11,13H2,(H,30,33)(H,31,32). The van der Waals surface area contributed by atoms with Gasteiger partial charge in [0.05, 0.1) is 5.56 Å². The van der Waals surface area contributed by atoms with Crippen LogP contribution in [-0.4, -0.2) is 29.8 Å². The lowest BCUT2D eigenvalue weighted by Gasteiger charge is -2.19. The van der Waals surface area contributed by atoms with E-state index in [-0.39, 0.29) is 23.1 Å². The van der Waals surface area contributed by atoms with Crippen molar-refractivity contribution in [3.05, 3.63) is 94.0 Å². The first-order valence-corrected chi connectivity index (χ1v) is 10.7. The van der Waals surface area contributed by atoms with E-state index in [1.165, 1.54) is 6.07 Å². The van der Waals surface area contributed by atoms with Crippen molar-refractivity contribution in [2.45, 2.75) is 24.6 Å². The van der Waals surface area contributed by atoms with Gasteiger partial charge in [-0.15, -0.1) is 0 Å². The van der Waals surface area contributed by atoms with Crippen molar-refractivity contribution < 1.29 is 32.6 Å². The first-order chi connectivity index (χ1) is 16.1. The molecule has 0 bridgehead atoms. The Labute approximate surface area is 198 Å². The van der Waals surface area contributed by atoms with E-state index in [0.29, 0.717) is 0 Å². The zero-order valence-electron chi connectivity index (χ0n) is 17.6. The van der Waals surface area contributed by atoms with Crippen LogP contribution in [0, 0.1) is 0 Å². The third kappa shape index (κ3) is 4.87. The summed E-state index contributed by atoms with van der Waals surface area (Å²) in [6.45, 7) is -0.0546. The molecule has 1 aliphatic rings. The number of halogens is 4. The van der Waals surface area contributed by atoms with E-state index in [1.54, 1.807) is 0 Å². The van der Waals surface area contributed by atoms with Gasteiger partial charge in [0, 0.05) is 17.4 Å². The number of ether oxygens (including phenoxy) is 1. The summed E-state index contributed by atoms with van der Waals surface area (Å²) >= 11 is 5.68. The Morgan fingerprint density at radius 3 is 2.15 bits per heavy atom. The Morgan fingerprint density at radius 1 is 1.00 bits per heavy atom. The third-order valence-corrected chi connectivity index (χ3v) is 5.97. The molecule has 176 valence electrons. The largest absolute Gasteiger partial charge is 0.480 e. The number of hydrogen-bond donors (Lipinski definition) is 2. The molecular formula is C25H19ClF3NO4. The summed E-state index contributed by atoms with van der Waals surface area (Å²) in [5.74, 6) is -1.73. The number of benzene rings is 3. The highest BCUT2D eigenvalue weighted by Gasteiger charge is 2.35. The molecule has 4 rings (SSSR count). The number of aliphatic carboxylic acids is 1. The van der Waals surface area contributed by atoms with E-state index in [9.17, 15) is 27.9 Å². The predicted molar refractivity (Wildman–Crippen MR) is 120 cm³/mol. The Bertz CT molecular complexity index is 1200. The molecule has 2 N–H and O–H groups in total. The maximum atomic E-state index is 13.4. The number of rotatable bonds is 6. The van der Waals surface area contributed by atoms with Crippen LogP contribution in [0.15, 0.2) is 66.7 Å². The van der Waals surface area contributed by atoms with Crippen molar-refractivity contribution in [1.29, 1.82) is 0 Å². The summed E-state index contributed by atoms with van der Waals surface area (Å²) in [4.78, 5) is 24.1. The Balaban J connectivity index is 1.47. The van der Waals surface area contributed by atoms with E-state index in [0.717, 1.165) is 34.4 Å². The lowest BCUT2D eigenvalue weighted by molar-refractivity contribution is -0.141. The monoisotopic (exact) mass is 489 g/mol. The van der Waals surface area contributed by atoms with Gasteiger partial charge in [-0.3, -0.25) is 0 Å². The Morgan fingerprint density at radius 2 is 1.59 bits per heavy atom. The molecule has 0 aromatic heterocycles. The molecule has 1 atom stereocenters. The van der Waals surface area contributed by atoms with E-state index in [4.69, 9.17) is 16.3 Å². The smallest absolute Gasteiger partial charge is 0.416 e. The average Bonchev–Trinajstić information content (AvgIpc) is 3.11. The Kier molecular flexibility index (Phi) is 6.52. The molecule has 1 amide bonds. The fourth-order valence-electron chi connectivity index (χ4n) is 4.19. The fourth-order valence-corrected chi connectivity index (χ4v) is 4.36. The summed E-state index contributed by atoms with van der Waals surface area (Å²) < 4.78 is 45.4. The van der Waals surface area contributed by atoms with Crippen molar-refractivity contribution in [1.82, 2.24) is 5.32 Å². The first kappa shape index (κ1) is 23.6.